The molecule has 0 amide bonds. The maximum absolute atomic E-state index is 12.9. The molecule has 140 valence electrons. The van der Waals surface area contributed by atoms with Gasteiger partial charge in [-0.2, -0.15) is 4.98 Å². The molecule has 1 aliphatic heterocycles. The van der Waals surface area contributed by atoms with E-state index in [1.807, 2.05) is 47.1 Å². The summed E-state index contributed by atoms with van der Waals surface area (Å²) in [6.45, 7) is 2.06. The molecule has 5 rings (SSSR count). The number of aromatic nitrogens is 3. The summed E-state index contributed by atoms with van der Waals surface area (Å²) in [4.78, 5) is 17.6. The number of aryl methyl sites for hydroxylation is 1. The zero-order chi connectivity index (χ0) is 19.3. The minimum Gasteiger partial charge on any atom is -0.328 e. The van der Waals surface area contributed by atoms with Gasteiger partial charge in [-0.05, 0) is 43.0 Å². The summed E-state index contributed by atoms with van der Waals surface area (Å²) in [5, 5.41) is 8.22. The van der Waals surface area contributed by atoms with E-state index < -0.39 is 0 Å². The third-order valence-electron chi connectivity index (χ3n) is 5.44. The molecule has 1 aliphatic carbocycles. The highest BCUT2D eigenvalue weighted by Crippen LogP contribution is 2.41. The molecule has 5 nitrogen and oxygen atoms in total. The van der Waals surface area contributed by atoms with Crippen LogP contribution in [0.15, 0.2) is 64.3 Å². The van der Waals surface area contributed by atoms with Gasteiger partial charge < -0.3 is 5.32 Å². The number of carbonyl (C=O) groups excluding carboxylic acids is 1. The standard InChI is InChI=1S/C22H19BrN4O/c1-13-5-2-3-6-16(13)21-25-22-24-17-7-4-8-18(28)19(17)20(27(22)26-21)14-9-11-15(23)12-10-14/h2-3,5-6,9-12,20H,4,7-8H2,1H3,(H,24,25,26). The second kappa shape index (κ2) is 6.71. The van der Waals surface area contributed by atoms with Crippen LogP contribution in [-0.2, 0) is 4.79 Å². The quantitative estimate of drug-likeness (QED) is 0.613. The number of nitrogens with one attached hydrogen (secondary N) is 1. The Hall–Kier alpha value is -2.73. The summed E-state index contributed by atoms with van der Waals surface area (Å²) < 4.78 is 2.88. The molecule has 3 aromatic rings. The van der Waals surface area contributed by atoms with Crippen molar-refractivity contribution in [2.75, 3.05) is 5.32 Å². The van der Waals surface area contributed by atoms with Crippen molar-refractivity contribution in [3.05, 3.63) is 75.4 Å². The molecule has 0 radical (unpaired) electrons. The fraction of sp³-hybridized carbons (Fsp3) is 0.227. The second-order valence-electron chi connectivity index (χ2n) is 7.27. The van der Waals surface area contributed by atoms with E-state index in [-0.39, 0.29) is 11.8 Å². The first-order chi connectivity index (χ1) is 13.6. The van der Waals surface area contributed by atoms with Gasteiger partial charge in [0.1, 0.15) is 6.04 Å². The molecule has 0 bridgehead atoms. The number of anilines is 1. The van der Waals surface area contributed by atoms with Gasteiger partial charge in [0.25, 0.3) is 0 Å². The lowest BCUT2D eigenvalue weighted by atomic mass is 9.85. The molecule has 2 aliphatic rings. The van der Waals surface area contributed by atoms with Crippen molar-refractivity contribution < 1.29 is 4.79 Å². The van der Waals surface area contributed by atoms with E-state index >= 15 is 0 Å². The van der Waals surface area contributed by atoms with Crippen LogP contribution >= 0.6 is 15.9 Å². The van der Waals surface area contributed by atoms with Crippen LogP contribution in [0.25, 0.3) is 11.4 Å². The minimum atomic E-state index is -0.252. The van der Waals surface area contributed by atoms with E-state index in [0.29, 0.717) is 18.2 Å². The van der Waals surface area contributed by atoms with Crippen molar-refractivity contribution in [3.63, 3.8) is 0 Å². The molecule has 1 unspecified atom stereocenters. The predicted molar refractivity (Wildman–Crippen MR) is 112 cm³/mol. The summed E-state index contributed by atoms with van der Waals surface area (Å²) >= 11 is 3.50. The molecule has 0 saturated heterocycles. The van der Waals surface area contributed by atoms with E-state index in [4.69, 9.17) is 10.1 Å². The van der Waals surface area contributed by atoms with E-state index in [0.717, 1.165) is 45.3 Å². The van der Waals surface area contributed by atoms with E-state index in [9.17, 15) is 4.79 Å². The minimum absolute atomic E-state index is 0.195. The van der Waals surface area contributed by atoms with Gasteiger partial charge >= 0.3 is 0 Å². The van der Waals surface area contributed by atoms with Crippen molar-refractivity contribution in [1.29, 1.82) is 0 Å². The van der Waals surface area contributed by atoms with Crippen molar-refractivity contribution in [2.45, 2.75) is 32.2 Å². The number of fused-ring (bicyclic) bond motifs is 1. The number of nitrogens with zero attached hydrogens (tertiary/aromatic N) is 3. The average molecular weight is 435 g/mol. The predicted octanol–water partition coefficient (Wildman–Crippen LogP) is 5.04. The Morgan fingerprint density at radius 1 is 1.11 bits per heavy atom. The maximum Gasteiger partial charge on any atom is 0.226 e. The highest BCUT2D eigenvalue weighted by atomic mass is 79.9. The van der Waals surface area contributed by atoms with Crippen LogP contribution in [0.3, 0.4) is 0 Å². The van der Waals surface area contributed by atoms with Gasteiger partial charge in [0.15, 0.2) is 11.6 Å². The van der Waals surface area contributed by atoms with E-state index in [1.165, 1.54) is 0 Å². The first kappa shape index (κ1) is 17.4. The molecule has 0 spiro atoms. The van der Waals surface area contributed by atoms with Crippen molar-refractivity contribution in [1.82, 2.24) is 14.8 Å². The molecular formula is C22H19BrN4O. The number of hydrogen-bond acceptors (Lipinski definition) is 4. The average Bonchev–Trinajstić information content (AvgIpc) is 3.11. The van der Waals surface area contributed by atoms with Crippen LogP contribution in [-0.4, -0.2) is 20.5 Å². The van der Waals surface area contributed by atoms with Gasteiger partial charge in [-0.1, -0.05) is 52.3 Å². The first-order valence-corrected chi connectivity index (χ1v) is 10.2. The summed E-state index contributed by atoms with van der Waals surface area (Å²) in [5.74, 6) is 1.56. The monoisotopic (exact) mass is 434 g/mol. The lowest BCUT2D eigenvalue weighted by Crippen LogP contribution is -2.31. The summed E-state index contributed by atoms with van der Waals surface area (Å²) in [7, 11) is 0. The van der Waals surface area contributed by atoms with Gasteiger partial charge in [0.05, 0.1) is 0 Å². The molecule has 1 atom stereocenters. The third kappa shape index (κ3) is 2.79. The van der Waals surface area contributed by atoms with Crippen LogP contribution in [0.1, 0.15) is 36.4 Å². The Morgan fingerprint density at radius 3 is 2.68 bits per heavy atom. The third-order valence-corrected chi connectivity index (χ3v) is 5.97. The van der Waals surface area contributed by atoms with Crippen molar-refractivity contribution in [3.8, 4) is 11.4 Å². The Kier molecular flexibility index (Phi) is 4.16. The number of hydrogen-bond donors (Lipinski definition) is 1. The smallest absolute Gasteiger partial charge is 0.226 e. The molecule has 1 N–H and O–H groups in total. The number of halogens is 1. The lowest BCUT2D eigenvalue weighted by Gasteiger charge is -2.32. The molecule has 6 heteroatoms. The highest BCUT2D eigenvalue weighted by molar-refractivity contribution is 9.10. The molecule has 2 heterocycles. The zero-order valence-electron chi connectivity index (χ0n) is 15.4. The maximum atomic E-state index is 12.9. The van der Waals surface area contributed by atoms with Gasteiger partial charge in [-0.25, -0.2) is 4.68 Å². The number of allylic oxidation sites excluding steroid dienone is 2. The normalized spacial score (nSPS) is 18.5. The molecule has 0 saturated carbocycles. The fourth-order valence-corrected chi connectivity index (χ4v) is 4.31. The first-order valence-electron chi connectivity index (χ1n) is 9.43. The number of Topliss-reactive ketones (excluding diaryl/α,β-unsaturated/α-hetero) is 1. The Balaban J connectivity index is 1.69. The van der Waals surface area contributed by atoms with Gasteiger partial charge in [0, 0.05) is 27.7 Å². The highest BCUT2D eigenvalue weighted by Gasteiger charge is 2.36. The summed E-state index contributed by atoms with van der Waals surface area (Å²) in [6, 6.07) is 15.9. The van der Waals surface area contributed by atoms with Crippen LogP contribution < -0.4 is 5.32 Å². The van der Waals surface area contributed by atoms with Crippen LogP contribution in [0.4, 0.5) is 5.95 Å². The van der Waals surface area contributed by atoms with Crippen LogP contribution in [0.2, 0.25) is 0 Å². The Bertz CT molecular complexity index is 1110. The number of benzene rings is 2. The molecular weight excluding hydrogens is 416 g/mol. The molecule has 2 aromatic carbocycles. The SMILES string of the molecule is Cc1ccccc1-c1nc2n(n1)C(c1ccc(Br)cc1)C1=C(CCCC1=O)N2. The summed E-state index contributed by atoms with van der Waals surface area (Å²) in [5.41, 5.74) is 4.97. The zero-order valence-corrected chi connectivity index (χ0v) is 17.0. The van der Waals surface area contributed by atoms with E-state index in [2.05, 4.69) is 34.2 Å². The van der Waals surface area contributed by atoms with Gasteiger partial charge in [-0.3, -0.25) is 4.79 Å². The van der Waals surface area contributed by atoms with Crippen molar-refractivity contribution in [2.24, 2.45) is 0 Å². The number of carbonyl (C=O) groups is 1. The number of rotatable bonds is 2. The molecule has 1 aromatic heterocycles. The fourth-order valence-electron chi connectivity index (χ4n) is 4.05. The van der Waals surface area contributed by atoms with Crippen LogP contribution in [0.5, 0.6) is 0 Å². The summed E-state index contributed by atoms with van der Waals surface area (Å²) in [6.07, 6.45) is 2.32. The second-order valence-corrected chi connectivity index (χ2v) is 8.18. The van der Waals surface area contributed by atoms with Gasteiger partial charge in [-0.15, -0.1) is 5.10 Å². The van der Waals surface area contributed by atoms with Gasteiger partial charge in [0.2, 0.25) is 5.95 Å². The largest absolute Gasteiger partial charge is 0.328 e. The molecule has 28 heavy (non-hydrogen) atoms. The number of ketones is 1. The lowest BCUT2D eigenvalue weighted by molar-refractivity contribution is -0.116. The topological polar surface area (TPSA) is 59.8 Å². The van der Waals surface area contributed by atoms with Crippen molar-refractivity contribution >= 4 is 27.7 Å². The van der Waals surface area contributed by atoms with Crippen LogP contribution in [0, 0.1) is 6.92 Å². The Morgan fingerprint density at radius 2 is 1.89 bits per heavy atom. The Labute approximate surface area is 171 Å². The van der Waals surface area contributed by atoms with E-state index in [1.54, 1.807) is 0 Å². The molecule has 0 fully saturated rings.